The van der Waals surface area contributed by atoms with Crippen LogP contribution in [0.2, 0.25) is 0 Å². The molecule has 80 heavy (non-hydrogen) atoms. The molecule has 3 fully saturated rings. The van der Waals surface area contributed by atoms with Crippen LogP contribution in [0.3, 0.4) is 0 Å². The molecule has 2 heterocycles. The lowest BCUT2D eigenvalue weighted by Gasteiger charge is -2.42. The van der Waals surface area contributed by atoms with Crippen LogP contribution in [0.25, 0.3) is 0 Å². The molecule has 21 nitrogen and oxygen atoms in total. The molecule has 1 spiro atoms. The SMILES string of the molecule is COC1C(OC(=O)NCCOCCOCCNC(=O)CNC(=O)[C@@H](CC(C)C)NC(=O)[C@@H](Cc2ccccc2)NC(=O)CNC(=O)C(C)(CC(C)(CC(C)C)C(=O)NCC(C)O)C(C)C)CC[C@]2(CO2)C1[C@]1(C)O[C@@H]1CC=C(C)C. The molecule has 1 aliphatic carbocycles. The number of hydrogen-bond donors (Lipinski definition) is 8. The van der Waals surface area contributed by atoms with Crippen LogP contribution >= 0.6 is 0 Å². The Balaban J connectivity index is 1.18. The average Bonchev–Trinajstić information content (AvgIpc) is 3.94. The number of allylic oxidation sites excluding steroid dienone is 1. The van der Waals surface area contributed by atoms with Crippen LogP contribution in [0.1, 0.15) is 127 Å². The molecule has 1 aromatic carbocycles. The Bertz CT molecular complexity index is 2220. The molecule has 1 saturated carbocycles. The maximum absolute atomic E-state index is 14.0. The molecule has 2 saturated heterocycles. The minimum atomic E-state index is -1.14. The Morgan fingerprint density at radius 2 is 1.43 bits per heavy atom. The van der Waals surface area contributed by atoms with Gasteiger partial charge in [0.2, 0.25) is 35.4 Å². The molecule has 6 unspecified atom stereocenters. The normalized spacial score (nSPS) is 23.8. The first-order valence-electron chi connectivity index (χ1n) is 28.7. The molecule has 11 atom stereocenters. The standard InChI is InChI=1S/C59H97N7O14/c1-37(2)19-20-46-58(12,80-46)50-49(75-13)45(21-22-59(50)36-78-59)79-55(74)61-24-26-77-28-27-76-25-23-60-47(68)33-62-51(70)43(29-38(3)4)66-52(71)44(30-42-17-15-14-16-18-42)65-48(69)34-64-54(73)57(11,40(7)8)35-56(10,31-39(5)6)53(72)63-32-41(9)67/h14-19,38-41,43-46,49-50,67H,20-36H2,1-13H3,(H,60,68)(H,61,74)(H,62,70)(H,63,72)(H,64,73)(H,65,69)(H,66,71)/t41?,43-,44-,45?,46-,49?,50?,56?,57?,58-,59+/m1/s1. The van der Waals surface area contributed by atoms with E-state index in [1.165, 1.54) is 5.57 Å². The zero-order valence-electron chi connectivity index (χ0n) is 50.0. The highest BCUT2D eigenvalue weighted by Gasteiger charge is 2.72. The van der Waals surface area contributed by atoms with Gasteiger partial charge in [-0.2, -0.15) is 0 Å². The zero-order chi connectivity index (χ0) is 59.4. The monoisotopic (exact) mass is 1130 g/mol. The predicted molar refractivity (Wildman–Crippen MR) is 302 cm³/mol. The predicted octanol–water partition coefficient (Wildman–Crippen LogP) is 4.03. The fraction of sp³-hybridized carbons (Fsp3) is 0.746. The maximum Gasteiger partial charge on any atom is 0.407 e. The van der Waals surface area contributed by atoms with Crippen molar-refractivity contribution < 1.29 is 67.1 Å². The highest BCUT2D eigenvalue weighted by atomic mass is 16.6. The van der Waals surface area contributed by atoms with Crippen LogP contribution in [0, 0.1) is 34.5 Å². The van der Waals surface area contributed by atoms with Gasteiger partial charge in [0, 0.05) is 44.0 Å². The largest absolute Gasteiger partial charge is 0.443 e. The number of alkyl carbamates (subject to hydrolysis) is 1. The van der Waals surface area contributed by atoms with Gasteiger partial charge in [-0.15, -0.1) is 0 Å². The summed E-state index contributed by atoms with van der Waals surface area (Å²) < 4.78 is 35.3. The quantitative estimate of drug-likeness (QED) is 0.0271. The van der Waals surface area contributed by atoms with Crippen molar-refractivity contribution in [3.05, 3.63) is 47.5 Å². The van der Waals surface area contributed by atoms with Gasteiger partial charge < -0.3 is 70.7 Å². The molecule has 4 rings (SSSR count). The molecular formula is C59H97N7O14. The van der Waals surface area contributed by atoms with E-state index in [0.29, 0.717) is 19.4 Å². The average molecular weight is 1130 g/mol. The summed E-state index contributed by atoms with van der Waals surface area (Å²) in [7, 11) is 1.63. The second-order valence-electron chi connectivity index (χ2n) is 24.2. The van der Waals surface area contributed by atoms with Crippen LogP contribution in [-0.2, 0) is 63.6 Å². The molecule has 7 amide bonds. The second kappa shape index (κ2) is 31.3. The Morgan fingerprint density at radius 1 is 0.787 bits per heavy atom. The first-order valence-corrected chi connectivity index (χ1v) is 28.7. The smallest absolute Gasteiger partial charge is 0.407 e. The van der Waals surface area contributed by atoms with Gasteiger partial charge in [-0.1, -0.05) is 97.4 Å². The summed E-state index contributed by atoms with van der Waals surface area (Å²) in [5.41, 5.74) is -0.834. The van der Waals surface area contributed by atoms with Gasteiger partial charge in [-0.25, -0.2) is 4.79 Å². The van der Waals surface area contributed by atoms with Gasteiger partial charge >= 0.3 is 6.09 Å². The van der Waals surface area contributed by atoms with Gasteiger partial charge in [0.05, 0.1) is 64.2 Å². The lowest BCUT2D eigenvalue weighted by molar-refractivity contribution is -0.142. The molecular weight excluding hydrogens is 1030 g/mol. The Hall–Kier alpha value is -5.19. The molecule has 2 aliphatic heterocycles. The summed E-state index contributed by atoms with van der Waals surface area (Å²) in [6.45, 7) is 24.1. The van der Waals surface area contributed by atoms with Crippen molar-refractivity contribution in [3.63, 3.8) is 0 Å². The minimum Gasteiger partial charge on any atom is -0.443 e. The Kier molecular flexibility index (Phi) is 26.3. The number of nitrogens with one attached hydrogen (secondary N) is 7. The third-order valence-electron chi connectivity index (χ3n) is 15.6. The van der Waals surface area contributed by atoms with E-state index in [4.69, 9.17) is 28.4 Å². The van der Waals surface area contributed by atoms with Crippen molar-refractivity contribution in [1.29, 1.82) is 0 Å². The minimum absolute atomic E-state index is 0.0405. The number of epoxide rings is 2. The third-order valence-corrected chi connectivity index (χ3v) is 15.6. The van der Waals surface area contributed by atoms with Gasteiger partial charge in [-0.3, -0.25) is 28.8 Å². The molecule has 0 radical (unpaired) electrons. The number of rotatable bonds is 35. The van der Waals surface area contributed by atoms with Crippen LogP contribution in [0.4, 0.5) is 4.79 Å². The van der Waals surface area contributed by atoms with E-state index in [2.05, 4.69) is 64.1 Å². The summed E-state index contributed by atoms with van der Waals surface area (Å²) in [5, 5.41) is 29.0. The number of ether oxygens (including phenoxy) is 6. The summed E-state index contributed by atoms with van der Waals surface area (Å²) in [5.74, 6) is -3.26. The Labute approximate surface area is 475 Å². The van der Waals surface area contributed by atoms with Crippen LogP contribution in [0.5, 0.6) is 0 Å². The van der Waals surface area contributed by atoms with Crippen LogP contribution in [0.15, 0.2) is 42.0 Å². The number of amides is 7. The molecule has 0 aromatic heterocycles. The highest BCUT2D eigenvalue weighted by Crippen LogP contribution is 2.59. The number of benzene rings is 1. The van der Waals surface area contributed by atoms with Gasteiger partial charge in [0.1, 0.15) is 35.5 Å². The molecule has 3 aliphatic rings. The first-order chi connectivity index (χ1) is 37.7. The summed E-state index contributed by atoms with van der Waals surface area (Å²) in [6, 6.07) is 6.85. The third kappa shape index (κ3) is 20.7. The number of aliphatic hydroxyl groups excluding tert-OH is 1. The number of aliphatic hydroxyl groups is 1. The fourth-order valence-electron chi connectivity index (χ4n) is 11.0. The van der Waals surface area contributed by atoms with Gasteiger partial charge in [0.25, 0.3) is 0 Å². The summed E-state index contributed by atoms with van der Waals surface area (Å²) in [4.78, 5) is 94.4. The van der Waals surface area contributed by atoms with Crippen molar-refractivity contribution in [2.75, 3.05) is 72.9 Å². The molecule has 8 N–H and O–H groups in total. The first kappa shape index (κ1) is 67.3. The topological polar surface area (TPSA) is 286 Å². The van der Waals surface area contributed by atoms with Gasteiger partial charge in [0.15, 0.2) is 0 Å². The van der Waals surface area contributed by atoms with E-state index in [0.717, 1.165) is 18.4 Å². The van der Waals surface area contributed by atoms with Gasteiger partial charge in [-0.05, 0) is 89.5 Å². The lowest BCUT2D eigenvalue weighted by atomic mass is 9.64. The lowest BCUT2D eigenvalue weighted by Crippen LogP contribution is -2.56. The summed E-state index contributed by atoms with van der Waals surface area (Å²) >= 11 is 0. The number of carbonyl (C=O) groups is 7. The van der Waals surface area contributed by atoms with E-state index >= 15 is 0 Å². The number of methoxy groups -OCH3 is 1. The van der Waals surface area contributed by atoms with E-state index in [-0.39, 0.29) is 119 Å². The van der Waals surface area contributed by atoms with E-state index < -0.39 is 82.9 Å². The fourth-order valence-corrected chi connectivity index (χ4v) is 11.0. The van der Waals surface area contributed by atoms with Crippen molar-refractivity contribution in [1.82, 2.24) is 37.2 Å². The van der Waals surface area contributed by atoms with Crippen LogP contribution in [-0.4, -0.2) is 167 Å². The maximum atomic E-state index is 14.0. The number of carbonyl (C=O) groups excluding carboxylic acids is 7. The molecule has 0 bridgehead atoms. The Morgan fingerprint density at radius 3 is 2.00 bits per heavy atom. The van der Waals surface area contributed by atoms with E-state index in [1.54, 1.807) is 45.2 Å². The molecule has 21 heteroatoms. The van der Waals surface area contributed by atoms with Crippen molar-refractivity contribution in [3.8, 4) is 0 Å². The van der Waals surface area contributed by atoms with E-state index in [9.17, 15) is 38.7 Å². The molecule has 1 aromatic rings. The summed E-state index contributed by atoms with van der Waals surface area (Å²) in [6.07, 6.45) is 3.21. The van der Waals surface area contributed by atoms with Crippen LogP contribution < -0.4 is 37.2 Å². The number of hydrogen-bond acceptors (Lipinski definition) is 14. The zero-order valence-corrected chi connectivity index (χ0v) is 50.0. The van der Waals surface area contributed by atoms with Crippen molar-refractivity contribution >= 4 is 41.5 Å². The highest BCUT2D eigenvalue weighted by molar-refractivity contribution is 5.95. The van der Waals surface area contributed by atoms with Crippen molar-refractivity contribution in [2.45, 2.75) is 176 Å². The molecule has 452 valence electrons. The van der Waals surface area contributed by atoms with E-state index in [1.807, 2.05) is 54.5 Å². The van der Waals surface area contributed by atoms with Crippen molar-refractivity contribution in [2.24, 2.45) is 34.5 Å². The second-order valence-corrected chi connectivity index (χ2v) is 24.2.